The third-order valence-corrected chi connectivity index (χ3v) is 7.63. The third-order valence-electron chi connectivity index (χ3n) is 7.63. The predicted octanol–water partition coefficient (Wildman–Crippen LogP) is 7.05. The number of hydrogen-bond acceptors (Lipinski definition) is 4. The lowest BCUT2D eigenvalue weighted by molar-refractivity contribution is -0.143. The molecule has 0 aliphatic carbocycles. The van der Waals surface area contributed by atoms with E-state index in [4.69, 9.17) is 9.47 Å². The Morgan fingerprint density at radius 1 is 0.857 bits per heavy atom. The molecule has 5 nitrogen and oxygen atoms in total. The van der Waals surface area contributed by atoms with Crippen molar-refractivity contribution in [1.29, 1.82) is 0 Å². The number of piperidine rings is 1. The number of hydrogen-bond donors (Lipinski definition) is 0. The minimum atomic E-state index is -4.47. The molecule has 10 heteroatoms. The van der Waals surface area contributed by atoms with Crippen molar-refractivity contribution >= 4 is 11.7 Å². The fraction of sp³-hybridized carbons (Fsp3) is 0.375. The van der Waals surface area contributed by atoms with E-state index >= 15 is 0 Å². The van der Waals surface area contributed by atoms with Crippen molar-refractivity contribution in [2.45, 2.75) is 49.6 Å². The Bertz CT molecular complexity index is 1370. The van der Waals surface area contributed by atoms with Crippen LogP contribution < -0.4 is 9.47 Å². The molecular formula is C32H32F5NO4. The predicted molar refractivity (Wildman–Crippen MR) is 147 cm³/mol. The maximum absolute atomic E-state index is 14.4. The molecule has 3 aromatic carbocycles. The van der Waals surface area contributed by atoms with Gasteiger partial charge in [-0.1, -0.05) is 48.5 Å². The van der Waals surface area contributed by atoms with Gasteiger partial charge in [-0.05, 0) is 53.8 Å². The van der Waals surface area contributed by atoms with Gasteiger partial charge < -0.3 is 14.4 Å². The molecule has 0 N–H and O–H groups in total. The first kappa shape index (κ1) is 31.0. The maximum atomic E-state index is 14.4. The first-order chi connectivity index (χ1) is 19.9. The molecule has 3 aromatic rings. The summed E-state index contributed by atoms with van der Waals surface area (Å²) in [6.45, 7) is -0.343. The Labute approximate surface area is 241 Å². The lowest BCUT2D eigenvalue weighted by Gasteiger charge is -2.34. The zero-order valence-corrected chi connectivity index (χ0v) is 23.3. The van der Waals surface area contributed by atoms with E-state index in [0.29, 0.717) is 28.2 Å². The molecule has 1 saturated heterocycles. The topological polar surface area (TPSA) is 55.8 Å². The van der Waals surface area contributed by atoms with Gasteiger partial charge in [0.15, 0.2) is 17.3 Å². The number of ether oxygens (including phenoxy) is 2. The molecule has 4 rings (SSSR count). The van der Waals surface area contributed by atoms with Crippen LogP contribution in [-0.2, 0) is 22.2 Å². The highest BCUT2D eigenvalue weighted by Crippen LogP contribution is 2.38. The first-order valence-corrected chi connectivity index (χ1v) is 13.6. The monoisotopic (exact) mass is 589 g/mol. The molecule has 0 spiro atoms. The highest BCUT2D eigenvalue weighted by Gasteiger charge is 2.41. The molecule has 1 aliphatic heterocycles. The van der Waals surface area contributed by atoms with Gasteiger partial charge in [0, 0.05) is 31.8 Å². The van der Waals surface area contributed by atoms with Crippen molar-refractivity contribution < 1.29 is 41.0 Å². The van der Waals surface area contributed by atoms with Crippen LogP contribution in [0.5, 0.6) is 11.5 Å². The van der Waals surface area contributed by atoms with Crippen molar-refractivity contribution in [3.8, 4) is 11.5 Å². The molecule has 1 fully saturated rings. The van der Waals surface area contributed by atoms with Gasteiger partial charge in [0.1, 0.15) is 5.92 Å². The van der Waals surface area contributed by atoms with Crippen LogP contribution in [0.2, 0.25) is 0 Å². The van der Waals surface area contributed by atoms with Crippen LogP contribution in [0.3, 0.4) is 0 Å². The van der Waals surface area contributed by atoms with Gasteiger partial charge in [-0.15, -0.1) is 0 Å². The lowest BCUT2D eigenvalue weighted by atomic mass is 9.79. The fourth-order valence-electron chi connectivity index (χ4n) is 5.23. The Morgan fingerprint density at radius 2 is 1.48 bits per heavy atom. The van der Waals surface area contributed by atoms with E-state index in [2.05, 4.69) is 0 Å². The zero-order valence-electron chi connectivity index (χ0n) is 23.3. The van der Waals surface area contributed by atoms with Crippen LogP contribution in [0, 0.1) is 0 Å². The summed E-state index contributed by atoms with van der Waals surface area (Å²) in [6, 6.07) is 18.1. The number of benzene rings is 3. The zero-order chi connectivity index (χ0) is 30.5. The number of nitrogens with zero attached hydrogens (tertiary/aromatic N) is 1. The summed E-state index contributed by atoms with van der Waals surface area (Å²) < 4.78 is 77.7. The molecule has 0 saturated carbocycles. The molecule has 2 atom stereocenters. The minimum absolute atomic E-state index is 0.172. The van der Waals surface area contributed by atoms with Crippen molar-refractivity contribution in [3.05, 3.63) is 95.1 Å². The Kier molecular flexibility index (Phi) is 9.53. The molecule has 224 valence electrons. The smallest absolute Gasteiger partial charge is 0.416 e. The number of rotatable bonds is 10. The van der Waals surface area contributed by atoms with Gasteiger partial charge in [0.05, 0.1) is 19.8 Å². The minimum Gasteiger partial charge on any atom is -0.493 e. The number of ketones is 1. The highest BCUT2D eigenvalue weighted by molar-refractivity contribution is 6.09. The summed E-state index contributed by atoms with van der Waals surface area (Å²) in [7, 11) is 2.92. The van der Waals surface area contributed by atoms with Gasteiger partial charge in [-0.25, -0.2) is 8.78 Å². The summed E-state index contributed by atoms with van der Waals surface area (Å²) in [5, 5.41) is 0. The number of alkyl halides is 5. The van der Waals surface area contributed by atoms with Crippen molar-refractivity contribution in [3.63, 3.8) is 0 Å². The number of carbonyl (C=O) groups excluding carboxylic acids is 2. The maximum Gasteiger partial charge on any atom is 0.416 e. The molecule has 0 bridgehead atoms. The van der Waals surface area contributed by atoms with Gasteiger partial charge >= 0.3 is 6.18 Å². The molecule has 2 unspecified atom stereocenters. The summed E-state index contributed by atoms with van der Waals surface area (Å²) in [4.78, 5) is 29.5. The first-order valence-electron chi connectivity index (χ1n) is 13.6. The van der Waals surface area contributed by atoms with Gasteiger partial charge in [-0.2, -0.15) is 13.2 Å². The standard InChI is InChI=1S/C32H32F5NO4/c1-41-26-15-11-23(20-27(26)42-2)25(14-10-21-8-12-24(13-9-21)32(35,36)37)29(39)28(22-6-4-3-5-7-22)30(40)38-18-16-31(33,34)17-19-38/h3-9,11-13,15,20,25,28H,10,14,16-19H2,1-2H3. The van der Waals surface area contributed by atoms with E-state index in [9.17, 15) is 31.5 Å². The normalized spacial score (nSPS) is 16.4. The van der Waals surface area contributed by atoms with E-state index in [1.165, 1.54) is 31.3 Å². The van der Waals surface area contributed by atoms with Crippen LogP contribution in [0.25, 0.3) is 0 Å². The van der Waals surface area contributed by atoms with Crippen LogP contribution in [0.15, 0.2) is 72.8 Å². The Balaban J connectivity index is 1.70. The lowest BCUT2D eigenvalue weighted by Crippen LogP contribution is -2.46. The molecule has 42 heavy (non-hydrogen) atoms. The second kappa shape index (κ2) is 12.9. The van der Waals surface area contributed by atoms with E-state index in [-0.39, 0.29) is 25.9 Å². The summed E-state index contributed by atoms with van der Waals surface area (Å²) in [5.41, 5.74) is 0.774. The van der Waals surface area contributed by atoms with Crippen LogP contribution in [0.4, 0.5) is 22.0 Å². The van der Waals surface area contributed by atoms with Crippen molar-refractivity contribution in [2.75, 3.05) is 27.3 Å². The summed E-state index contributed by atoms with van der Waals surface area (Å²) >= 11 is 0. The van der Waals surface area contributed by atoms with Crippen LogP contribution in [0.1, 0.15) is 53.4 Å². The van der Waals surface area contributed by atoms with E-state index in [1.54, 1.807) is 48.5 Å². The molecule has 1 amide bonds. The average molecular weight is 590 g/mol. The van der Waals surface area contributed by atoms with E-state index in [1.807, 2.05) is 0 Å². The average Bonchev–Trinajstić information content (AvgIpc) is 2.97. The molecule has 1 aliphatic rings. The number of amides is 1. The quantitative estimate of drug-likeness (QED) is 0.188. The summed E-state index contributed by atoms with van der Waals surface area (Å²) in [5.74, 6) is -5.20. The Morgan fingerprint density at radius 3 is 2.05 bits per heavy atom. The van der Waals surface area contributed by atoms with E-state index in [0.717, 1.165) is 12.1 Å². The third kappa shape index (κ3) is 7.27. The SMILES string of the molecule is COc1ccc(C(CCc2ccc(C(F)(F)F)cc2)C(=O)C(C(=O)N2CCC(F)(F)CC2)c2ccccc2)cc1OC. The van der Waals surface area contributed by atoms with E-state index < -0.39 is 54.0 Å². The van der Waals surface area contributed by atoms with Crippen LogP contribution >= 0.6 is 0 Å². The van der Waals surface area contributed by atoms with Crippen molar-refractivity contribution in [2.24, 2.45) is 0 Å². The second-order valence-corrected chi connectivity index (χ2v) is 10.3. The number of methoxy groups -OCH3 is 2. The summed E-state index contributed by atoms with van der Waals surface area (Å²) in [6.07, 6.45) is -5.02. The van der Waals surface area contributed by atoms with Crippen molar-refractivity contribution in [1.82, 2.24) is 4.90 Å². The van der Waals surface area contributed by atoms with Gasteiger partial charge in [-0.3, -0.25) is 9.59 Å². The number of halogens is 5. The largest absolute Gasteiger partial charge is 0.493 e. The molecule has 0 aromatic heterocycles. The highest BCUT2D eigenvalue weighted by atomic mass is 19.4. The number of carbonyl (C=O) groups is 2. The molecule has 0 radical (unpaired) electrons. The van der Waals surface area contributed by atoms with Gasteiger partial charge in [0.2, 0.25) is 5.91 Å². The fourth-order valence-corrected chi connectivity index (χ4v) is 5.23. The second-order valence-electron chi connectivity index (χ2n) is 10.3. The number of aryl methyl sites for hydroxylation is 1. The Hall–Kier alpha value is -3.95. The molecular weight excluding hydrogens is 557 g/mol. The van der Waals surface area contributed by atoms with Crippen LogP contribution in [-0.4, -0.2) is 49.8 Å². The van der Waals surface area contributed by atoms with Gasteiger partial charge in [0.25, 0.3) is 5.92 Å². The number of Topliss-reactive ketones (excluding diaryl/α,β-unsaturated/α-hetero) is 1. The molecule has 1 heterocycles. The number of likely N-dealkylation sites (tertiary alicyclic amines) is 1.